The molecule has 0 saturated carbocycles. The van der Waals surface area contributed by atoms with Crippen LogP contribution in [0.4, 0.5) is 0 Å². The van der Waals surface area contributed by atoms with Gasteiger partial charge in [0.2, 0.25) is 0 Å². The van der Waals surface area contributed by atoms with Gasteiger partial charge >= 0.3 is 0 Å². The first-order chi connectivity index (χ1) is 9.35. The largest absolute Gasteiger partial charge is 0.463 e. The third kappa shape index (κ3) is 3.51. The van der Waals surface area contributed by atoms with Crippen LogP contribution in [0.3, 0.4) is 0 Å². The Morgan fingerprint density at radius 2 is 2.05 bits per heavy atom. The van der Waals surface area contributed by atoms with Crippen LogP contribution in [-0.2, 0) is 5.75 Å². The summed E-state index contributed by atoms with van der Waals surface area (Å²) >= 11 is 1.68. The van der Waals surface area contributed by atoms with Gasteiger partial charge < -0.3 is 9.73 Å². The molecule has 19 heavy (non-hydrogen) atoms. The molecule has 0 radical (unpaired) electrons. The van der Waals surface area contributed by atoms with Gasteiger partial charge in [-0.1, -0.05) is 30.3 Å². The second-order valence-electron chi connectivity index (χ2n) is 3.84. The van der Waals surface area contributed by atoms with E-state index in [1.807, 2.05) is 37.4 Å². The predicted octanol–water partition coefficient (Wildman–Crippen LogP) is 3.76. The molecule has 0 fully saturated rings. The van der Waals surface area contributed by atoms with Crippen LogP contribution in [0.15, 0.2) is 63.2 Å². The zero-order chi connectivity index (χ0) is 13.5. The van der Waals surface area contributed by atoms with Gasteiger partial charge in [-0.05, 0) is 24.4 Å². The van der Waals surface area contributed by atoms with Gasteiger partial charge in [-0.3, -0.25) is 4.99 Å². The predicted molar refractivity (Wildman–Crippen MR) is 82.0 cm³/mol. The van der Waals surface area contributed by atoms with Gasteiger partial charge in [0, 0.05) is 12.8 Å². The van der Waals surface area contributed by atoms with Crippen LogP contribution in [0.5, 0.6) is 0 Å². The molecule has 1 N–H and O–H groups in total. The molecule has 0 bridgehead atoms. The Bertz CT molecular complexity index is 547. The fraction of sp³-hybridized carbons (Fsp3) is 0.133. The number of nitrogens with one attached hydrogen (secondary N) is 1. The van der Waals surface area contributed by atoms with E-state index >= 15 is 0 Å². The molecule has 2 rings (SSSR count). The minimum atomic E-state index is 0.722. The number of thioether (sulfide) groups is 1. The molecule has 1 heterocycles. The molecule has 3 nitrogen and oxygen atoms in total. The summed E-state index contributed by atoms with van der Waals surface area (Å²) in [6, 6.07) is 14.0. The molecule has 1 aromatic heterocycles. The highest BCUT2D eigenvalue weighted by Crippen LogP contribution is 2.28. The molecule has 0 aliphatic heterocycles. The number of hydrogen-bond acceptors (Lipinski definition) is 4. The number of benzene rings is 1. The first-order valence-corrected chi connectivity index (χ1v) is 6.93. The molecule has 98 valence electrons. The first-order valence-electron chi connectivity index (χ1n) is 5.94. The summed E-state index contributed by atoms with van der Waals surface area (Å²) in [6.45, 7) is 3.62. The van der Waals surface area contributed by atoms with Crippen LogP contribution in [0.1, 0.15) is 11.3 Å². The van der Waals surface area contributed by atoms with Crippen molar-refractivity contribution in [3.8, 4) is 0 Å². The monoisotopic (exact) mass is 272 g/mol. The van der Waals surface area contributed by atoms with Gasteiger partial charge in [-0.2, -0.15) is 0 Å². The maximum atomic E-state index is 5.38. The van der Waals surface area contributed by atoms with Gasteiger partial charge in [0.1, 0.15) is 5.70 Å². The molecule has 0 spiro atoms. The van der Waals surface area contributed by atoms with Crippen LogP contribution < -0.4 is 5.32 Å². The summed E-state index contributed by atoms with van der Waals surface area (Å²) in [4.78, 5) is 4.07. The maximum Gasteiger partial charge on any atom is 0.154 e. The number of furan rings is 1. The van der Waals surface area contributed by atoms with E-state index in [9.17, 15) is 0 Å². The summed E-state index contributed by atoms with van der Waals surface area (Å²) in [5.41, 5.74) is 2.01. The number of hydrogen-bond donors (Lipinski definition) is 1. The van der Waals surface area contributed by atoms with E-state index in [4.69, 9.17) is 4.42 Å². The van der Waals surface area contributed by atoms with Crippen molar-refractivity contribution < 1.29 is 4.42 Å². The second-order valence-corrected chi connectivity index (χ2v) is 4.82. The van der Waals surface area contributed by atoms with Crippen molar-refractivity contribution in [1.82, 2.24) is 5.32 Å². The third-order valence-corrected chi connectivity index (χ3v) is 3.74. The van der Waals surface area contributed by atoms with Crippen molar-refractivity contribution in [1.29, 1.82) is 0 Å². The smallest absolute Gasteiger partial charge is 0.154 e. The molecule has 0 aliphatic carbocycles. The van der Waals surface area contributed by atoms with Crippen molar-refractivity contribution in [2.75, 3.05) is 7.05 Å². The lowest BCUT2D eigenvalue weighted by Crippen LogP contribution is -2.05. The molecular weight excluding hydrogens is 256 g/mol. The van der Waals surface area contributed by atoms with Crippen LogP contribution in [-0.4, -0.2) is 13.8 Å². The molecule has 4 heteroatoms. The van der Waals surface area contributed by atoms with E-state index in [1.54, 1.807) is 18.0 Å². The fourth-order valence-electron chi connectivity index (χ4n) is 1.66. The van der Waals surface area contributed by atoms with E-state index in [0.717, 1.165) is 22.2 Å². The van der Waals surface area contributed by atoms with Crippen molar-refractivity contribution in [2.45, 2.75) is 5.75 Å². The van der Waals surface area contributed by atoms with E-state index in [2.05, 4.69) is 29.2 Å². The highest BCUT2D eigenvalue weighted by atomic mass is 32.2. The summed E-state index contributed by atoms with van der Waals surface area (Å²) in [7, 11) is 1.88. The Balaban J connectivity index is 2.16. The van der Waals surface area contributed by atoms with E-state index in [1.165, 1.54) is 5.56 Å². The Labute approximate surface area is 117 Å². The topological polar surface area (TPSA) is 37.5 Å². The van der Waals surface area contributed by atoms with Crippen molar-refractivity contribution in [2.24, 2.45) is 4.99 Å². The van der Waals surface area contributed by atoms with E-state index < -0.39 is 0 Å². The third-order valence-electron chi connectivity index (χ3n) is 2.58. The molecule has 0 aliphatic rings. The number of rotatable bonds is 6. The molecular formula is C15H16N2OS. The average molecular weight is 272 g/mol. The Hall–Kier alpha value is -1.94. The van der Waals surface area contributed by atoms with Gasteiger partial charge in [-0.25, -0.2) is 0 Å². The summed E-state index contributed by atoms with van der Waals surface area (Å²) in [5, 5.41) is 4.11. The first kappa shape index (κ1) is 13.5. The van der Waals surface area contributed by atoms with Crippen molar-refractivity contribution in [3.63, 3.8) is 0 Å². The van der Waals surface area contributed by atoms with Gasteiger partial charge in [0.05, 0.1) is 11.3 Å². The lowest BCUT2D eigenvalue weighted by Gasteiger charge is -2.09. The van der Waals surface area contributed by atoms with E-state index in [-0.39, 0.29) is 0 Å². The Morgan fingerprint density at radius 1 is 1.26 bits per heavy atom. The molecule has 0 amide bonds. The van der Waals surface area contributed by atoms with Crippen LogP contribution in [0.2, 0.25) is 0 Å². The van der Waals surface area contributed by atoms with Crippen LogP contribution >= 0.6 is 11.8 Å². The lowest BCUT2D eigenvalue weighted by atomic mass is 10.2. The fourth-order valence-corrected chi connectivity index (χ4v) is 2.61. The molecule has 2 aromatic rings. The van der Waals surface area contributed by atoms with Crippen molar-refractivity contribution >= 4 is 24.2 Å². The molecule has 0 saturated heterocycles. The standard InChI is InChI=1S/C15H16N2OS/c1-16-14(13-9-6-10-18-13)15(17-2)19-11-12-7-4-3-5-8-12/h3-10,17H,1,11H2,2H3/b15-14-. The van der Waals surface area contributed by atoms with Crippen LogP contribution in [0, 0.1) is 0 Å². The lowest BCUT2D eigenvalue weighted by molar-refractivity contribution is 0.551. The highest BCUT2D eigenvalue weighted by molar-refractivity contribution is 8.02. The highest BCUT2D eigenvalue weighted by Gasteiger charge is 2.10. The summed E-state index contributed by atoms with van der Waals surface area (Å²) in [6.07, 6.45) is 1.63. The van der Waals surface area contributed by atoms with Crippen LogP contribution in [0.25, 0.3) is 5.70 Å². The number of aliphatic imine (C=N–C) groups is 1. The molecule has 1 aromatic carbocycles. The Morgan fingerprint density at radius 3 is 2.63 bits per heavy atom. The van der Waals surface area contributed by atoms with Crippen molar-refractivity contribution in [3.05, 3.63) is 65.1 Å². The number of nitrogens with zero attached hydrogens (tertiary/aromatic N) is 1. The van der Waals surface area contributed by atoms with Gasteiger partial charge in [0.25, 0.3) is 0 Å². The quantitative estimate of drug-likeness (QED) is 0.814. The summed E-state index contributed by atoms with van der Waals surface area (Å²) < 4.78 is 5.38. The minimum Gasteiger partial charge on any atom is -0.463 e. The Kier molecular flexibility index (Phi) is 4.86. The average Bonchev–Trinajstić information content (AvgIpc) is 2.98. The van der Waals surface area contributed by atoms with E-state index in [0.29, 0.717) is 0 Å². The van der Waals surface area contributed by atoms with Gasteiger partial charge in [0.15, 0.2) is 5.76 Å². The second kappa shape index (κ2) is 6.85. The molecule has 0 unspecified atom stereocenters. The van der Waals surface area contributed by atoms with Gasteiger partial charge in [-0.15, -0.1) is 11.8 Å². The zero-order valence-corrected chi connectivity index (χ0v) is 11.6. The SMILES string of the molecule is C=N/C(=C(/NC)SCc1ccccc1)c1ccco1. The normalized spacial score (nSPS) is 11.8. The maximum absolute atomic E-state index is 5.38. The summed E-state index contributed by atoms with van der Waals surface area (Å²) in [5.74, 6) is 1.59. The minimum absolute atomic E-state index is 0.722. The zero-order valence-electron chi connectivity index (χ0n) is 10.8. The molecule has 0 atom stereocenters.